The lowest BCUT2D eigenvalue weighted by Gasteiger charge is -2.11. The van der Waals surface area contributed by atoms with Gasteiger partial charge in [0.2, 0.25) is 0 Å². The third kappa shape index (κ3) is 4.94. The van der Waals surface area contributed by atoms with E-state index in [1.54, 1.807) is 55.1 Å². The minimum Gasteiger partial charge on any atom is -0.348 e. The zero-order chi connectivity index (χ0) is 22.6. The lowest BCUT2D eigenvalue weighted by molar-refractivity contribution is 0.0128. The van der Waals surface area contributed by atoms with Gasteiger partial charge in [-0.15, -0.1) is 0 Å². The molecule has 0 fully saturated rings. The predicted molar refractivity (Wildman–Crippen MR) is 113 cm³/mol. The van der Waals surface area contributed by atoms with Gasteiger partial charge in [0.1, 0.15) is 11.4 Å². The van der Waals surface area contributed by atoms with Gasteiger partial charge in [-0.05, 0) is 35.9 Å². The van der Waals surface area contributed by atoms with E-state index in [9.17, 15) is 13.6 Å². The smallest absolute Gasteiger partial charge is 0.286 e. The molecule has 0 saturated heterocycles. The molecular weight excluding hydrogens is 414 g/mol. The van der Waals surface area contributed by atoms with Gasteiger partial charge in [-0.1, -0.05) is 6.07 Å². The molecule has 0 spiro atoms. The summed E-state index contributed by atoms with van der Waals surface area (Å²) in [7, 11) is 0. The molecular formula is C23H18F2N6O. The number of carbonyl (C=O) groups is 1. The highest BCUT2D eigenvalue weighted by Gasteiger charge is 2.26. The van der Waals surface area contributed by atoms with Gasteiger partial charge in [0.05, 0.1) is 23.1 Å². The Kier molecular flexibility index (Phi) is 5.89. The fourth-order valence-corrected chi connectivity index (χ4v) is 2.93. The van der Waals surface area contributed by atoms with Gasteiger partial charge in [0.15, 0.2) is 0 Å². The zero-order valence-electron chi connectivity index (χ0n) is 17.0. The van der Waals surface area contributed by atoms with Crippen LogP contribution in [-0.4, -0.2) is 30.8 Å². The van der Waals surface area contributed by atoms with Crippen molar-refractivity contribution in [2.75, 3.05) is 0 Å². The van der Waals surface area contributed by atoms with Gasteiger partial charge in [-0.25, -0.2) is 0 Å². The van der Waals surface area contributed by atoms with Crippen LogP contribution in [0.15, 0.2) is 73.6 Å². The molecule has 9 heteroatoms. The highest BCUT2D eigenvalue weighted by Crippen LogP contribution is 2.28. The molecule has 0 atom stereocenters. The molecule has 0 aliphatic carbocycles. The van der Waals surface area contributed by atoms with Crippen LogP contribution in [-0.2, 0) is 12.5 Å². The van der Waals surface area contributed by atoms with Crippen LogP contribution in [0, 0.1) is 0 Å². The fraction of sp³-hybridized carbons (Fsp3) is 0.130. The van der Waals surface area contributed by atoms with Crippen molar-refractivity contribution in [1.82, 2.24) is 30.2 Å². The number of pyridine rings is 3. The normalized spacial score (nSPS) is 11.2. The second-order valence-corrected chi connectivity index (χ2v) is 7.08. The molecule has 0 aromatic carbocycles. The van der Waals surface area contributed by atoms with Crippen LogP contribution in [0.25, 0.3) is 22.6 Å². The molecule has 4 heterocycles. The summed E-state index contributed by atoms with van der Waals surface area (Å²) < 4.78 is 27.0. The average molecular weight is 432 g/mol. The molecule has 4 aromatic heterocycles. The van der Waals surface area contributed by atoms with Gasteiger partial charge in [0.25, 0.3) is 11.8 Å². The summed E-state index contributed by atoms with van der Waals surface area (Å²) in [6.07, 6.45) is 9.15. The Bertz CT molecular complexity index is 1210. The van der Waals surface area contributed by atoms with Gasteiger partial charge < -0.3 is 5.32 Å². The number of hydrogen-bond acceptors (Lipinski definition) is 6. The molecule has 160 valence electrons. The predicted octanol–water partition coefficient (Wildman–Crippen LogP) is 4.04. The Morgan fingerprint density at radius 2 is 1.69 bits per heavy atom. The minimum atomic E-state index is -3.03. The first-order valence-corrected chi connectivity index (χ1v) is 9.70. The molecule has 7 nitrogen and oxygen atoms in total. The van der Waals surface area contributed by atoms with Crippen LogP contribution in [0.2, 0.25) is 0 Å². The maximum Gasteiger partial charge on any atom is 0.286 e. The van der Waals surface area contributed by atoms with Crippen LogP contribution in [0.1, 0.15) is 28.5 Å². The summed E-state index contributed by atoms with van der Waals surface area (Å²) in [6, 6.07) is 9.81. The summed E-state index contributed by atoms with van der Waals surface area (Å²) in [5.41, 5.74) is 3.18. The Balaban J connectivity index is 1.39. The van der Waals surface area contributed by atoms with Crippen molar-refractivity contribution in [2.24, 2.45) is 0 Å². The van der Waals surface area contributed by atoms with Crippen molar-refractivity contribution in [3.63, 3.8) is 0 Å². The molecule has 32 heavy (non-hydrogen) atoms. The number of rotatable bonds is 6. The van der Waals surface area contributed by atoms with E-state index in [0.29, 0.717) is 28.2 Å². The lowest BCUT2D eigenvalue weighted by Crippen LogP contribution is -2.23. The van der Waals surface area contributed by atoms with E-state index in [1.807, 2.05) is 0 Å². The monoisotopic (exact) mass is 432 g/mol. The molecule has 0 aliphatic heterocycles. The van der Waals surface area contributed by atoms with E-state index < -0.39 is 5.92 Å². The van der Waals surface area contributed by atoms with E-state index in [0.717, 1.165) is 12.5 Å². The fourth-order valence-electron chi connectivity index (χ4n) is 2.93. The van der Waals surface area contributed by atoms with Crippen molar-refractivity contribution in [3.05, 3.63) is 90.4 Å². The van der Waals surface area contributed by atoms with E-state index in [4.69, 9.17) is 0 Å². The Hall–Kier alpha value is -4.14. The summed E-state index contributed by atoms with van der Waals surface area (Å²) in [4.78, 5) is 32.9. The summed E-state index contributed by atoms with van der Waals surface area (Å²) in [5, 5.41) is 2.81. The second kappa shape index (κ2) is 8.93. The molecule has 0 aliphatic rings. The maximum atomic E-state index is 13.5. The molecule has 0 saturated carbocycles. The first-order valence-electron chi connectivity index (χ1n) is 9.70. The molecule has 0 bridgehead atoms. The number of amides is 1. The second-order valence-electron chi connectivity index (χ2n) is 7.08. The number of halogens is 2. The minimum absolute atomic E-state index is 0.257. The van der Waals surface area contributed by atoms with Crippen molar-refractivity contribution >= 4 is 5.91 Å². The van der Waals surface area contributed by atoms with E-state index in [-0.39, 0.29) is 18.1 Å². The van der Waals surface area contributed by atoms with E-state index in [2.05, 4.69) is 30.2 Å². The molecule has 4 rings (SSSR count). The summed E-state index contributed by atoms with van der Waals surface area (Å²) in [5.74, 6) is -3.31. The van der Waals surface area contributed by atoms with Crippen molar-refractivity contribution in [3.8, 4) is 22.6 Å². The standard InChI is InChI=1S/C23H18F2N6O/c1-23(24,25)21-10-16(6-7-28-21)18-4-2-15(11-29-18)12-31-22(32)17-3-5-19(30-13-17)20-14-26-8-9-27-20/h2-11,13-14H,12H2,1H3,(H,31,32). The highest BCUT2D eigenvalue weighted by atomic mass is 19.3. The molecule has 1 N–H and O–H groups in total. The van der Waals surface area contributed by atoms with Gasteiger partial charge >= 0.3 is 0 Å². The molecule has 0 unspecified atom stereocenters. The van der Waals surface area contributed by atoms with Gasteiger partial charge in [-0.2, -0.15) is 8.78 Å². The van der Waals surface area contributed by atoms with Crippen LogP contribution in [0.4, 0.5) is 8.78 Å². The third-order valence-electron chi connectivity index (χ3n) is 4.63. The van der Waals surface area contributed by atoms with E-state index >= 15 is 0 Å². The van der Waals surface area contributed by atoms with Crippen molar-refractivity contribution in [2.45, 2.75) is 19.4 Å². The Labute approximate surface area is 182 Å². The average Bonchev–Trinajstić information content (AvgIpc) is 2.83. The van der Waals surface area contributed by atoms with Crippen molar-refractivity contribution < 1.29 is 13.6 Å². The molecule has 4 aromatic rings. The van der Waals surface area contributed by atoms with Gasteiger partial charge in [0, 0.05) is 50.0 Å². The van der Waals surface area contributed by atoms with Crippen LogP contribution < -0.4 is 5.32 Å². The first-order chi connectivity index (χ1) is 15.4. The SMILES string of the molecule is CC(F)(F)c1cc(-c2ccc(CNC(=O)c3ccc(-c4cnccn4)nc3)cn2)ccn1. The number of nitrogens with zero attached hydrogens (tertiary/aromatic N) is 5. The van der Waals surface area contributed by atoms with Crippen LogP contribution in [0.5, 0.6) is 0 Å². The van der Waals surface area contributed by atoms with E-state index in [1.165, 1.54) is 18.5 Å². The Morgan fingerprint density at radius 1 is 0.875 bits per heavy atom. The topological polar surface area (TPSA) is 93.6 Å². The highest BCUT2D eigenvalue weighted by molar-refractivity contribution is 5.94. The van der Waals surface area contributed by atoms with Crippen molar-refractivity contribution in [1.29, 1.82) is 0 Å². The first kappa shape index (κ1) is 21.1. The maximum absolute atomic E-state index is 13.5. The molecule has 0 radical (unpaired) electrons. The van der Waals surface area contributed by atoms with Crippen LogP contribution >= 0.6 is 0 Å². The number of hydrogen-bond donors (Lipinski definition) is 1. The Morgan fingerprint density at radius 3 is 2.34 bits per heavy atom. The summed E-state index contributed by atoms with van der Waals surface area (Å²) >= 11 is 0. The molecule has 1 amide bonds. The van der Waals surface area contributed by atoms with Crippen LogP contribution in [0.3, 0.4) is 0 Å². The number of carbonyl (C=O) groups excluding carboxylic acids is 1. The van der Waals surface area contributed by atoms with Gasteiger partial charge in [-0.3, -0.25) is 29.7 Å². The summed E-state index contributed by atoms with van der Waals surface area (Å²) in [6.45, 7) is 1.06. The zero-order valence-corrected chi connectivity index (χ0v) is 17.0. The quantitative estimate of drug-likeness (QED) is 0.494. The largest absolute Gasteiger partial charge is 0.348 e. The third-order valence-corrected chi connectivity index (χ3v) is 4.63. The number of aromatic nitrogens is 5. The number of nitrogens with one attached hydrogen (secondary N) is 1. The lowest BCUT2D eigenvalue weighted by atomic mass is 10.1. The number of alkyl halides is 2.